The van der Waals surface area contributed by atoms with Gasteiger partial charge in [-0.15, -0.1) is 0 Å². The summed E-state index contributed by atoms with van der Waals surface area (Å²) in [5.74, 6) is -0.752. The Balaban J connectivity index is 2.60. The SMILES string of the molecule is CC(C)OCC(O)CC1(C(=O)O)CCCCCCC1. The minimum Gasteiger partial charge on any atom is -0.481 e. The van der Waals surface area contributed by atoms with Crippen molar-refractivity contribution >= 4 is 5.97 Å². The number of ether oxygens (including phenoxy) is 1. The first kappa shape index (κ1) is 16.4. The lowest BCUT2D eigenvalue weighted by Gasteiger charge is -2.33. The van der Waals surface area contributed by atoms with E-state index in [2.05, 4.69) is 0 Å². The molecule has 19 heavy (non-hydrogen) atoms. The number of aliphatic hydroxyl groups is 1. The van der Waals surface area contributed by atoms with Gasteiger partial charge in [-0.25, -0.2) is 0 Å². The van der Waals surface area contributed by atoms with E-state index in [1.807, 2.05) is 13.8 Å². The number of rotatable bonds is 6. The maximum atomic E-state index is 11.7. The molecule has 1 rings (SSSR count). The molecule has 0 radical (unpaired) electrons. The molecule has 0 amide bonds. The van der Waals surface area contributed by atoms with Crippen LogP contribution in [0.15, 0.2) is 0 Å². The van der Waals surface area contributed by atoms with Crippen LogP contribution in [-0.4, -0.2) is 35.0 Å². The highest BCUT2D eigenvalue weighted by atomic mass is 16.5. The third-order valence-electron chi connectivity index (χ3n) is 4.01. The molecule has 0 aromatic carbocycles. The molecule has 4 heteroatoms. The molecule has 0 bridgehead atoms. The summed E-state index contributed by atoms with van der Waals surface area (Å²) in [4.78, 5) is 11.7. The first-order valence-corrected chi connectivity index (χ1v) is 7.49. The second-order valence-corrected chi connectivity index (χ2v) is 6.09. The van der Waals surface area contributed by atoms with Crippen LogP contribution in [0.4, 0.5) is 0 Å². The Morgan fingerprint density at radius 1 is 1.16 bits per heavy atom. The molecule has 1 atom stereocenters. The van der Waals surface area contributed by atoms with Gasteiger partial charge in [0.1, 0.15) is 0 Å². The zero-order chi connectivity index (χ0) is 14.3. The van der Waals surface area contributed by atoms with Gasteiger partial charge in [-0.1, -0.05) is 32.1 Å². The molecular weight excluding hydrogens is 244 g/mol. The van der Waals surface area contributed by atoms with Gasteiger partial charge in [0.15, 0.2) is 0 Å². The molecule has 0 heterocycles. The molecule has 0 aliphatic heterocycles. The Morgan fingerprint density at radius 2 is 1.68 bits per heavy atom. The first-order chi connectivity index (χ1) is 8.96. The van der Waals surface area contributed by atoms with E-state index >= 15 is 0 Å². The highest BCUT2D eigenvalue weighted by molar-refractivity contribution is 5.74. The highest BCUT2D eigenvalue weighted by Crippen LogP contribution is 2.38. The van der Waals surface area contributed by atoms with E-state index < -0.39 is 17.5 Å². The third kappa shape index (κ3) is 5.49. The molecule has 0 saturated heterocycles. The van der Waals surface area contributed by atoms with Crippen LogP contribution in [0, 0.1) is 5.41 Å². The smallest absolute Gasteiger partial charge is 0.309 e. The van der Waals surface area contributed by atoms with Crippen LogP contribution in [0.2, 0.25) is 0 Å². The van der Waals surface area contributed by atoms with E-state index in [0.29, 0.717) is 19.3 Å². The van der Waals surface area contributed by atoms with E-state index in [0.717, 1.165) is 25.7 Å². The molecule has 1 fully saturated rings. The zero-order valence-electron chi connectivity index (χ0n) is 12.2. The fourth-order valence-electron chi connectivity index (χ4n) is 2.90. The van der Waals surface area contributed by atoms with E-state index in [9.17, 15) is 15.0 Å². The van der Waals surface area contributed by atoms with Gasteiger partial charge in [-0.05, 0) is 33.1 Å². The molecule has 2 N–H and O–H groups in total. The molecule has 1 aliphatic rings. The number of hydrogen-bond donors (Lipinski definition) is 2. The summed E-state index contributed by atoms with van der Waals surface area (Å²) in [6, 6.07) is 0. The molecule has 0 aromatic heterocycles. The van der Waals surface area contributed by atoms with Crippen LogP contribution < -0.4 is 0 Å². The summed E-state index contributed by atoms with van der Waals surface area (Å²) < 4.78 is 5.38. The fraction of sp³-hybridized carbons (Fsp3) is 0.933. The quantitative estimate of drug-likeness (QED) is 0.780. The molecule has 4 nitrogen and oxygen atoms in total. The van der Waals surface area contributed by atoms with Gasteiger partial charge >= 0.3 is 5.97 Å². The Hall–Kier alpha value is -0.610. The Bertz CT molecular complexity index is 267. The fourth-order valence-corrected chi connectivity index (χ4v) is 2.90. The standard InChI is InChI=1S/C15H28O4/c1-12(2)19-11-13(16)10-15(14(17)18)8-6-4-3-5-7-9-15/h12-13,16H,3-11H2,1-2H3,(H,17,18). The molecule has 1 unspecified atom stereocenters. The Kier molecular flexibility index (Phi) is 6.80. The summed E-state index contributed by atoms with van der Waals surface area (Å²) in [7, 11) is 0. The summed E-state index contributed by atoms with van der Waals surface area (Å²) in [6.07, 6.45) is 6.37. The monoisotopic (exact) mass is 272 g/mol. The van der Waals surface area contributed by atoms with Gasteiger partial charge in [-0.3, -0.25) is 4.79 Å². The predicted molar refractivity (Wildman–Crippen MR) is 74.1 cm³/mol. The Labute approximate surface area is 116 Å². The van der Waals surface area contributed by atoms with Crippen molar-refractivity contribution in [3.63, 3.8) is 0 Å². The van der Waals surface area contributed by atoms with Gasteiger partial charge in [0.25, 0.3) is 0 Å². The molecule has 1 aliphatic carbocycles. The number of carboxylic acids is 1. The predicted octanol–water partition coefficient (Wildman–Crippen LogP) is 2.98. The molecule has 1 saturated carbocycles. The van der Waals surface area contributed by atoms with Crippen molar-refractivity contribution in [2.75, 3.05) is 6.61 Å². The van der Waals surface area contributed by atoms with Gasteiger partial charge in [0.05, 0.1) is 24.2 Å². The molecule has 112 valence electrons. The van der Waals surface area contributed by atoms with Crippen molar-refractivity contribution in [3.05, 3.63) is 0 Å². The van der Waals surface area contributed by atoms with Crippen molar-refractivity contribution < 1.29 is 19.7 Å². The summed E-state index contributed by atoms with van der Waals surface area (Å²) in [5, 5.41) is 19.6. The summed E-state index contributed by atoms with van der Waals surface area (Å²) in [5.41, 5.74) is -0.750. The highest BCUT2D eigenvalue weighted by Gasteiger charge is 2.39. The van der Waals surface area contributed by atoms with Crippen molar-refractivity contribution in [1.29, 1.82) is 0 Å². The topological polar surface area (TPSA) is 66.8 Å². The average Bonchev–Trinajstić information content (AvgIpc) is 2.30. The van der Waals surface area contributed by atoms with E-state index in [-0.39, 0.29) is 12.7 Å². The Morgan fingerprint density at radius 3 is 2.16 bits per heavy atom. The first-order valence-electron chi connectivity index (χ1n) is 7.49. The van der Waals surface area contributed by atoms with Crippen molar-refractivity contribution in [2.45, 2.75) is 77.4 Å². The van der Waals surface area contributed by atoms with Crippen molar-refractivity contribution in [3.8, 4) is 0 Å². The van der Waals surface area contributed by atoms with Gasteiger partial charge in [-0.2, -0.15) is 0 Å². The zero-order valence-corrected chi connectivity index (χ0v) is 12.2. The third-order valence-corrected chi connectivity index (χ3v) is 4.01. The van der Waals surface area contributed by atoms with Gasteiger partial charge in [0.2, 0.25) is 0 Å². The molecule has 0 spiro atoms. The number of carbonyl (C=O) groups is 1. The van der Waals surface area contributed by atoms with Crippen molar-refractivity contribution in [2.24, 2.45) is 5.41 Å². The largest absolute Gasteiger partial charge is 0.481 e. The number of aliphatic carboxylic acids is 1. The van der Waals surface area contributed by atoms with Crippen LogP contribution in [-0.2, 0) is 9.53 Å². The number of carboxylic acid groups (broad SMARTS) is 1. The number of hydrogen-bond acceptors (Lipinski definition) is 3. The van der Waals surface area contributed by atoms with Crippen LogP contribution in [0.25, 0.3) is 0 Å². The lowest BCUT2D eigenvalue weighted by atomic mass is 9.72. The van der Waals surface area contributed by atoms with Gasteiger partial charge < -0.3 is 14.9 Å². The number of aliphatic hydroxyl groups excluding tert-OH is 1. The average molecular weight is 272 g/mol. The minimum atomic E-state index is -0.752. The van der Waals surface area contributed by atoms with Crippen LogP contribution >= 0.6 is 0 Å². The molecular formula is C15H28O4. The lowest BCUT2D eigenvalue weighted by molar-refractivity contribution is -0.153. The van der Waals surface area contributed by atoms with Crippen LogP contribution in [0.3, 0.4) is 0 Å². The maximum Gasteiger partial charge on any atom is 0.309 e. The van der Waals surface area contributed by atoms with Crippen molar-refractivity contribution in [1.82, 2.24) is 0 Å². The van der Waals surface area contributed by atoms with Crippen LogP contribution in [0.5, 0.6) is 0 Å². The maximum absolute atomic E-state index is 11.7. The van der Waals surface area contributed by atoms with E-state index in [1.165, 1.54) is 6.42 Å². The second-order valence-electron chi connectivity index (χ2n) is 6.09. The van der Waals surface area contributed by atoms with E-state index in [1.54, 1.807) is 0 Å². The van der Waals surface area contributed by atoms with Gasteiger partial charge in [0, 0.05) is 0 Å². The van der Waals surface area contributed by atoms with E-state index in [4.69, 9.17) is 4.74 Å². The normalized spacial score (nSPS) is 21.7. The lowest BCUT2D eigenvalue weighted by Crippen LogP contribution is -2.37. The molecule has 0 aromatic rings. The minimum absolute atomic E-state index is 0.0627. The van der Waals surface area contributed by atoms with Crippen LogP contribution in [0.1, 0.15) is 65.2 Å². The summed E-state index contributed by atoms with van der Waals surface area (Å²) in [6.45, 7) is 4.05. The summed E-state index contributed by atoms with van der Waals surface area (Å²) >= 11 is 0. The second kappa shape index (κ2) is 7.85.